The van der Waals surface area contributed by atoms with Crippen molar-refractivity contribution in [2.45, 2.75) is 19.4 Å². The third-order valence-electron chi connectivity index (χ3n) is 3.20. The van der Waals surface area contributed by atoms with Crippen LogP contribution in [0, 0.1) is 10.5 Å². The summed E-state index contributed by atoms with van der Waals surface area (Å²) in [5.41, 5.74) is 3.90. The molecule has 3 heteroatoms. The summed E-state index contributed by atoms with van der Waals surface area (Å²) in [7, 11) is 2.00. The van der Waals surface area contributed by atoms with E-state index in [9.17, 15) is 0 Å². The van der Waals surface area contributed by atoms with E-state index in [1.54, 1.807) is 0 Å². The van der Waals surface area contributed by atoms with Gasteiger partial charge in [0.15, 0.2) is 0 Å². The van der Waals surface area contributed by atoms with E-state index in [1.165, 1.54) is 20.3 Å². The second kappa shape index (κ2) is 6.73. The predicted octanol–water partition coefficient (Wildman–Crippen LogP) is 4.76. The van der Waals surface area contributed by atoms with Gasteiger partial charge in [-0.1, -0.05) is 41.4 Å². The predicted molar refractivity (Wildman–Crippen MR) is 90.9 cm³/mol. The molecule has 0 saturated heterocycles. The number of hydrogen-bond acceptors (Lipinski definition) is 1. The Balaban J connectivity index is 2.27. The minimum Gasteiger partial charge on any atom is -0.313 e. The van der Waals surface area contributed by atoms with Gasteiger partial charge in [-0.05, 0) is 72.3 Å². The highest BCUT2D eigenvalue weighted by Gasteiger charge is 2.13. The zero-order valence-corrected chi connectivity index (χ0v) is 14.0. The molecule has 1 unspecified atom stereocenters. The fourth-order valence-electron chi connectivity index (χ4n) is 2.22. The number of halogens is 2. The van der Waals surface area contributed by atoms with Crippen LogP contribution in [-0.2, 0) is 6.42 Å². The molecule has 0 radical (unpaired) electrons. The normalized spacial score (nSPS) is 12.4. The Bertz CT molecular complexity index is 568. The second-order valence-corrected chi connectivity index (χ2v) is 6.30. The first-order chi connectivity index (χ1) is 9.10. The highest BCUT2D eigenvalue weighted by molar-refractivity contribution is 14.1. The maximum absolute atomic E-state index is 6.11. The molecule has 0 heterocycles. The van der Waals surface area contributed by atoms with Crippen LogP contribution in [0.5, 0.6) is 0 Å². The first-order valence-corrected chi connectivity index (χ1v) is 7.73. The molecule has 0 bridgehead atoms. The van der Waals surface area contributed by atoms with Gasteiger partial charge in [-0.15, -0.1) is 0 Å². The fraction of sp³-hybridized carbons (Fsp3) is 0.250. The molecule has 0 aliphatic heterocycles. The molecule has 0 aliphatic rings. The standard InChI is InChI=1S/C16H17ClIN/c1-11-4-3-5-12(8-11)9-16(19-2)14-10-13(17)6-7-15(14)18/h3-8,10,16,19H,9H2,1-2H3. The van der Waals surface area contributed by atoms with Crippen LogP contribution in [-0.4, -0.2) is 7.05 Å². The Hall–Kier alpha value is -0.580. The number of aryl methyl sites for hydroxylation is 1. The van der Waals surface area contributed by atoms with Crippen LogP contribution in [0.4, 0.5) is 0 Å². The Kier molecular flexibility index (Phi) is 5.25. The average molecular weight is 386 g/mol. The van der Waals surface area contributed by atoms with Gasteiger partial charge in [-0.25, -0.2) is 0 Å². The number of likely N-dealkylation sites (N-methyl/N-ethyl adjacent to an activating group) is 1. The third kappa shape index (κ3) is 3.94. The number of benzene rings is 2. The quantitative estimate of drug-likeness (QED) is 0.749. The molecule has 1 atom stereocenters. The van der Waals surface area contributed by atoms with Gasteiger partial charge in [0, 0.05) is 14.6 Å². The lowest BCUT2D eigenvalue weighted by atomic mass is 9.98. The van der Waals surface area contributed by atoms with Crippen molar-refractivity contribution >= 4 is 34.2 Å². The van der Waals surface area contributed by atoms with Crippen molar-refractivity contribution in [3.8, 4) is 0 Å². The topological polar surface area (TPSA) is 12.0 Å². The molecule has 19 heavy (non-hydrogen) atoms. The molecule has 2 rings (SSSR count). The highest BCUT2D eigenvalue weighted by Crippen LogP contribution is 2.26. The molecule has 0 saturated carbocycles. The molecular weight excluding hydrogens is 369 g/mol. The molecule has 2 aromatic rings. The summed E-state index contributed by atoms with van der Waals surface area (Å²) >= 11 is 8.48. The first kappa shape index (κ1) is 14.8. The van der Waals surface area contributed by atoms with Gasteiger partial charge in [0.2, 0.25) is 0 Å². The van der Waals surface area contributed by atoms with Crippen molar-refractivity contribution in [2.75, 3.05) is 7.05 Å². The van der Waals surface area contributed by atoms with Crippen molar-refractivity contribution in [3.63, 3.8) is 0 Å². The summed E-state index contributed by atoms with van der Waals surface area (Å²) in [6.07, 6.45) is 0.967. The number of rotatable bonds is 4. The summed E-state index contributed by atoms with van der Waals surface area (Å²) in [5, 5.41) is 4.18. The van der Waals surface area contributed by atoms with E-state index in [0.29, 0.717) is 0 Å². The summed E-state index contributed by atoms with van der Waals surface area (Å²) in [6.45, 7) is 2.13. The SMILES string of the molecule is CNC(Cc1cccc(C)c1)c1cc(Cl)ccc1I. The minimum atomic E-state index is 0.285. The van der Waals surface area contributed by atoms with Gasteiger partial charge in [0.05, 0.1) is 0 Å². The van der Waals surface area contributed by atoms with E-state index >= 15 is 0 Å². The van der Waals surface area contributed by atoms with Gasteiger partial charge in [0.1, 0.15) is 0 Å². The Morgan fingerprint density at radius 1 is 1.21 bits per heavy atom. The van der Waals surface area contributed by atoms with Crippen LogP contribution in [0.25, 0.3) is 0 Å². The zero-order valence-electron chi connectivity index (χ0n) is 11.1. The minimum absolute atomic E-state index is 0.285. The van der Waals surface area contributed by atoms with E-state index < -0.39 is 0 Å². The monoisotopic (exact) mass is 385 g/mol. The molecule has 100 valence electrons. The lowest BCUT2D eigenvalue weighted by Gasteiger charge is -2.19. The Morgan fingerprint density at radius 2 is 2.00 bits per heavy atom. The summed E-state index contributed by atoms with van der Waals surface area (Å²) in [6, 6.07) is 15.0. The second-order valence-electron chi connectivity index (χ2n) is 4.70. The first-order valence-electron chi connectivity index (χ1n) is 6.28. The Morgan fingerprint density at radius 3 is 2.68 bits per heavy atom. The highest BCUT2D eigenvalue weighted by atomic mass is 127. The average Bonchev–Trinajstić information content (AvgIpc) is 2.39. The van der Waals surface area contributed by atoms with Gasteiger partial charge in [-0.3, -0.25) is 0 Å². The molecule has 0 aliphatic carbocycles. The fourth-order valence-corrected chi connectivity index (χ4v) is 3.12. The van der Waals surface area contributed by atoms with Crippen LogP contribution in [0.2, 0.25) is 5.02 Å². The van der Waals surface area contributed by atoms with Gasteiger partial charge in [0.25, 0.3) is 0 Å². The van der Waals surface area contributed by atoms with E-state index in [2.05, 4.69) is 71.2 Å². The molecule has 2 aromatic carbocycles. The largest absolute Gasteiger partial charge is 0.313 e. The molecule has 0 amide bonds. The zero-order chi connectivity index (χ0) is 13.8. The Labute approximate surface area is 133 Å². The maximum atomic E-state index is 6.11. The summed E-state index contributed by atoms with van der Waals surface area (Å²) in [4.78, 5) is 0. The van der Waals surface area contributed by atoms with Crippen molar-refractivity contribution in [1.82, 2.24) is 5.32 Å². The van der Waals surface area contributed by atoms with Crippen LogP contribution >= 0.6 is 34.2 Å². The van der Waals surface area contributed by atoms with E-state index in [0.717, 1.165) is 11.4 Å². The molecule has 1 N–H and O–H groups in total. The van der Waals surface area contributed by atoms with E-state index in [-0.39, 0.29) is 6.04 Å². The van der Waals surface area contributed by atoms with Crippen LogP contribution in [0.3, 0.4) is 0 Å². The van der Waals surface area contributed by atoms with Crippen molar-refractivity contribution in [2.24, 2.45) is 0 Å². The van der Waals surface area contributed by atoms with Crippen molar-refractivity contribution in [3.05, 3.63) is 67.7 Å². The van der Waals surface area contributed by atoms with Gasteiger partial charge >= 0.3 is 0 Å². The molecular formula is C16H17ClIN. The number of nitrogens with one attached hydrogen (secondary N) is 1. The number of hydrogen-bond donors (Lipinski definition) is 1. The van der Waals surface area contributed by atoms with Crippen LogP contribution < -0.4 is 5.32 Å². The van der Waals surface area contributed by atoms with E-state index in [1.807, 2.05) is 13.1 Å². The smallest absolute Gasteiger partial charge is 0.0410 e. The third-order valence-corrected chi connectivity index (χ3v) is 4.42. The molecule has 0 fully saturated rings. The maximum Gasteiger partial charge on any atom is 0.0410 e. The van der Waals surface area contributed by atoms with Crippen molar-refractivity contribution in [1.29, 1.82) is 0 Å². The summed E-state index contributed by atoms with van der Waals surface area (Å²) < 4.78 is 1.24. The van der Waals surface area contributed by atoms with Crippen molar-refractivity contribution < 1.29 is 0 Å². The lowest BCUT2D eigenvalue weighted by Crippen LogP contribution is -2.20. The van der Waals surface area contributed by atoms with Crippen LogP contribution in [0.15, 0.2) is 42.5 Å². The molecule has 1 nitrogen and oxygen atoms in total. The van der Waals surface area contributed by atoms with E-state index in [4.69, 9.17) is 11.6 Å². The van der Waals surface area contributed by atoms with Gasteiger partial charge < -0.3 is 5.32 Å². The van der Waals surface area contributed by atoms with Gasteiger partial charge in [-0.2, -0.15) is 0 Å². The molecule has 0 aromatic heterocycles. The molecule has 0 spiro atoms. The van der Waals surface area contributed by atoms with Crippen LogP contribution in [0.1, 0.15) is 22.7 Å². The summed E-state index contributed by atoms with van der Waals surface area (Å²) in [5.74, 6) is 0. The lowest BCUT2D eigenvalue weighted by molar-refractivity contribution is 0.589.